The molecular weight excluding hydrogens is 352 g/mol. The molecule has 2 aromatic carbocycles. The molecule has 3 rings (SSSR count). The number of rotatable bonds is 7. The smallest absolute Gasteiger partial charge is 0.248 e. The van der Waals surface area contributed by atoms with E-state index >= 15 is 0 Å². The van der Waals surface area contributed by atoms with Gasteiger partial charge in [0.05, 0.1) is 5.69 Å². The van der Waals surface area contributed by atoms with Gasteiger partial charge in [-0.25, -0.2) is 0 Å². The normalized spacial score (nSPS) is 10.4. The van der Waals surface area contributed by atoms with E-state index in [4.69, 9.17) is 15.9 Å². The Hall–Kier alpha value is -3.67. The highest BCUT2D eigenvalue weighted by Gasteiger charge is 2.09. The van der Waals surface area contributed by atoms with Crippen LogP contribution < -0.4 is 15.8 Å². The molecule has 6 nitrogen and oxygen atoms in total. The third-order valence-electron chi connectivity index (χ3n) is 4.30. The summed E-state index contributed by atoms with van der Waals surface area (Å²) in [6, 6.07) is 14.6. The van der Waals surface area contributed by atoms with E-state index < -0.39 is 5.91 Å². The van der Waals surface area contributed by atoms with Crippen LogP contribution in [0.5, 0.6) is 11.5 Å². The van der Waals surface area contributed by atoms with E-state index in [1.165, 1.54) is 6.21 Å². The minimum absolute atomic E-state index is 0.445. The maximum atomic E-state index is 11.4. The van der Waals surface area contributed by atoms with Crippen molar-refractivity contribution >= 4 is 17.8 Å². The van der Waals surface area contributed by atoms with E-state index in [1.807, 2.05) is 50.2 Å². The first-order chi connectivity index (χ1) is 13.5. The number of anilines is 1. The summed E-state index contributed by atoms with van der Waals surface area (Å²) in [6.45, 7) is 4.60. The molecule has 4 N–H and O–H groups in total. The van der Waals surface area contributed by atoms with E-state index in [-0.39, 0.29) is 0 Å². The number of benzene rings is 2. The van der Waals surface area contributed by atoms with E-state index in [0.29, 0.717) is 17.1 Å². The molecule has 0 aliphatic heterocycles. The van der Waals surface area contributed by atoms with Crippen molar-refractivity contribution in [3.63, 3.8) is 0 Å². The number of carbonyl (C=O) groups is 1. The Morgan fingerprint density at radius 3 is 2.64 bits per heavy atom. The zero-order valence-electron chi connectivity index (χ0n) is 15.8. The second-order valence-corrected chi connectivity index (χ2v) is 6.30. The number of aromatic nitrogens is 1. The summed E-state index contributed by atoms with van der Waals surface area (Å²) >= 11 is 0. The minimum atomic E-state index is -0.445. The van der Waals surface area contributed by atoms with Crippen molar-refractivity contribution in [1.82, 2.24) is 4.98 Å². The number of hydrogen-bond acceptors (Lipinski definition) is 5. The fraction of sp³-hybridized carbons (Fsp3) is 0.136. The molecule has 0 saturated heterocycles. The standard InChI is InChI=1S/C22H22N4O2/c1-3-25-21-11-17(6-4-16(21)13-23)28-18-8-9-26-20(12-18)15-5-7-19(22(24)27)14(2)10-15/h4-13,23,25H,3H2,1-2H3,(H2,24,27). The molecule has 0 fully saturated rings. The van der Waals surface area contributed by atoms with Gasteiger partial charge in [-0.05, 0) is 49.7 Å². The Morgan fingerprint density at radius 2 is 1.96 bits per heavy atom. The second kappa shape index (κ2) is 8.35. The molecule has 1 heterocycles. The number of nitrogens with zero attached hydrogens (tertiary/aromatic N) is 1. The highest BCUT2D eigenvalue weighted by molar-refractivity contribution is 5.94. The number of nitrogens with one attached hydrogen (secondary N) is 2. The fourth-order valence-electron chi connectivity index (χ4n) is 2.94. The lowest BCUT2D eigenvalue weighted by Gasteiger charge is -2.12. The van der Waals surface area contributed by atoms with Crippen LogP contribution >= 0.6 is 0 Å². The predicted octanol–water partition coefficient (Wildman–Crippen LogP) is 4.38. The summed E-state index contributed by atoms with van der Waals surface area (Å²) in [6.07, 6.45) is 2.99. The molecule has 28 heavy (non-hydrogen) atoms. The number of pyridine rings is 1. The number of carbonyl (C=O) groups excluding carboxylic acids is 1. The summed E-state index contributed by atoms with van der Waals surface area (Å²) in [5.74, 6) is 0.865. The fourth-order valence-corrected chi connectivity index (χ4v) is 2.94. The number of aryl methyl sites for hydroxylation is 1. The molecule has 1 amide bonds. The summed E-state index contributed by atoms with van der Waals surface area (Å²) in [5, 5.41) is 10.7. The Labute approximate surface area is 163 Å². The van der Waals surface area contributed by atoms with Gasteiger partial charge in [0.1, 0.15) is 11.5 Å². The molecule has 0 radical (unpaired) electrons. The van der Waals surface area contributed by atoms with Crippen LogP contribution in [0.2, 0.25) is 0 Å². The van der Waals surface area contributed by atoms with Crippen LogP contribution in [0.1, 0.15) is 28.4 Å². The van der Waals surface area contributed by atoms with Crippen LogP contribution in [0.25, 0.3) is 11.3 Å². The van der Waals surface area contributed by atoms with Crippen molar-refractivity contribution in [1.29, 1.82) is 5.41 Å². The van der Waals surface area contributed by atoms with E-state index in [9.17, 15) is 4.79 Å². The first kappa shape index (κ1) is 19.1. The van der Waals surface area contributed by atoms with Crippen LogP contribution in [0.15, 0.2) is 54.7 Å². The lowest BCUT2D eigenvalue weighted by molar-refractivity contribution is 0.0999. The monoisotopic (exact) mass is 374 g/mol. The predicted molar refractivity (Wildman–Crippen MR) is 111 cm³/mol. The van der Waals surface area contributed by atoms with Crippen LogP contribution in [0, 0.1) is 12.3 Å². The number of hydrogen-bond donors (Lipinski definition) is 3. The molecule has 0 aliphatic rings. The molecular formula is C22H22N4O2. The molecule has 1 aromatic heterocycles. The van der Waals surface area contributed by atoms with Crippen molar-refractivity contribution in [2.45, 2.75) is 13.8 Å². The van der Waals surface area contributed by atoms with Gasteiger partial charge in [-0.15, -0.1) is 0 Å². The molecule has 0 unspecified atom stereocenters. The number of ether oxygens (including phenoxy) is 1. The average molecular weight is 374 g/mol. The largest absolute Gasteiger partial charge is 0.457 e. The van der Waals surface area contributed by atoms with Crippen molar-refractivity contribution in [2.75, 3.05) is 11.9 Å². The molecule has 3 aromatic rings. The average Bonchev–Trinajstić information content (AvgIpc) is 2.68. The van der Waals surface area contributed by atoms with Gasteiger partial charge >= 0.3 is 0 Å². The van der Waals surface area contributed by atoms with Gasteiger partial charge in [-0.2, -0.15) is 0 Å². The zero-order chi connectivity index (χ0) is 20.1. The van der Waals surface area contributed by atoms with E-state index in [1.54, 1.807) is 18.3 Å². The Bertz CT molecular complexity index is 1030. The zero-order valence-corrected chi connectivity index (χ0v) is 15.8. The summed E-state index contributed by atoms with van der Waals surface area (Å²) in [4.78, 5) is 15.8. The number of nitrogens with two attached hydrogens (primary N) is 1. The van der Waals surface area contributed by atoms with Crippen LogP contribution in [-0.2, 0) is 0 Å². The molecule has 0 bridgehead atoms. The van der Waals surface area contributed by atoms with Gasteiger partial charge in [0, 0.05) is 53.5 Å². The van der Waals surface area contributed by atoms with Crippen molar-refractivity contribution < 1.29 is 9.53 Å². The Balaban J connectivity index is 1.88. The van der Waals surface area contributed by atoms with Gasteiger partial charge in [-0.1, -0.05) is 6.07 Å². The maximum absolute atomic E-state index is 11.4. The van der Waals surface area contributed by atoms with Gasteiger partial charge in [-0.3, -0.25) is 9.78 Å². The van der Waals surface area contributed by atoms with E-state index in [2.05, 4.69) is 10.3 Å². The van der Waals surface area contributed by atoms with Crippen LogP contribution in [0.3, 0.4) is 0 Å². The molecule has 0 aliphatic carbocycles. The quantitative estimate of drug-likeness (QED) is 0.534. The van der Waals surface area contributed by atoms with Gasteiger partial charge < -0.3 is 21.2 Å². The summed E-state index contributed by atoms with van der Waals surface area (Å²) in [5.41, 5.74) is 9.93. The molecule has 142 valence electrons. The molecule has 0 atom stereocenters. The van der Waals surface area contributed by atoms with Crippen molar-refractivity contribution in [2.24, 2.45) is 5.73 Å². The highest BCUT2D eigenvalue weighted by Crippen LogP contribution is 2.29. The first-order valence-electron chi connectivity index (χ1n) is 8.95. The lowest BCUT2D eigenvalue weighted by atomic mass is 10.0. The Morgan fingerprint density at radius 1 is 1.18 bits per heavy atom. The third kappa shape index (κ3) is 4.17. The molecule has 0 saturated carbocycles. The number of amides is 1. The summed E-state index contributed by atoms with van der Waals surface area (Å²) < 4.78 is 5.99. The second-order valence-electron chi connectivity index (χ2n) is 6.30. The topological polar surface area (TPSA) is 101 Å². The number of primary amides is 1. The lowest BCUT2D eigenvalue weighted by Crippen LogP contribution is -2.12. The van der Waals surface area contributed by atoms with Gasteiger partial charge in [0.2, 0.25) is 5.91 Å². The highest BCUT2D eigenvalue weighted by atomic mass is 16.5. The minimum Gasteiger partial charge on any atom is -0.457 e. The molecule has 0 spiro atoms. The molecule has 6 heteroatoms. The van der Waals surface area contributed by atoms with Crippen molar-refractivity contribution in [3.05, 3.63) is 71.4 Å². The van der Waals surface area contributed by atoms with Gasteiger partial charge in [0.15, 0.2) is 0 Å². The Kier molecular flexibility index (Phi) is 5.69. The van der Waals surface area contributed by atoms with Gasteiger partial charge in [0.25, 0.3) is 0 Å². The summed E-state index contributed by atoms with van der Waals surface area (Å²) in [7, 11) is 0. The first-order valence-corrected chi connectivity index (χ1v) is 8.95. The SMILES string of the molecule is CCNc1cc(Oc2ccnc(-c3ccc(C(N)=O)c(C)c3)c2)ccc1C=N. The third-order valence-corrected chi connectivity index (χ3v) is 4.30. The van der Waals surface area contributed by atoms with Crippen LogP contribution in [-0.4, -0.2) is 23.7 Å². The van der Waals surface area contributed by atoms with Crippen LogP contribution in [0.4, 0.5) is 5.69 Å². The van der Waals surface area contributed by atoms with Crippen molar-refractivity contribution in [3.8, 4) is 22.8 Å². The maximum Gasteiger partial charge on any atom is 0.248 e. The van der Waals surface area contributed by atoms with E-state index in [0.717, 1.165) is 34.6 Å².